The number of carbonyl (C=O) groups is 1. The highest BCUT2D eigenvalue weighted by molar-refractivity contribution is 5.99. The lowest BCUT2D eigenvalue weighted by Crippen LogP contribution is -2.49. The zero-order valence-corrected chi connectivity index (χ0v) is 16.2. The molecule has 2 heterocycles. The molecule has 6 heteroatoms. The van der Waals surface area contributed by atoms with E-state index in [1.54, 1.807) is 0 Å². The highest BCUT2D eigenvalue weighted by Gasteiger charge is 2.21. The fourth-order valence-electron chi connectivity index (χ4n) is 3.93. The van der Waals surface area contributed by atoms with Crippen LogP contribution in [0.4, 0.5) is 11.4 Å². The third-order valence-electron chi connectivity index (χ3n) is 5.44. The molecule has 0 bridgehead atoms. The number of hydrogen-bond acceptors (Lipinski definition) is 5. The molecule has 0 radical (unpaired) electrons. The van der Waals surface area contributed by atoms with E-state index >= 15 is 0 Å². The number of anilines is 2. The van der Waals surface area contributed by atoms with E-state index in [1.807, 2.05) is 18.2 Å². The van der Waals surface area contributed by atoms with E-state index in [4.69, 9.17) is 4.74 Å². The van der Waals surface area contributed by atoms with Crippen molar-refractivity contribution in [3.8, 4) is 5.75 Å². The highest BCUT2D eigenvalue weighted by Crippen LogP contribution is 2.27. The number of β-amino-alcohol motifs (C(OH)–C–C–N with tert-alkyl or cyclic N) is 1. The van der Waals surface area contributed by atoms with E-state index in [0.717, 1.165) is 37.4 Å². The van der Waals surface area contributed by atoms with Gasteiger partial charge in [-0.15, -0.1) is 0 Å². The van der Waals surface area contributed by atoms with Crippen LogP contribution in [-0.2, 0) is 11.2 Å². The van der Waals surface area contributed by atoms with E-state index in [2.05, 4.69) is 46.3 Å². The van der Waals surface area contributed by atoms with Gasteiger partial charge in [0.2, 0.25) is 5.91 Å². The molecule has 1 fully saturated rings. The molecule has 28 heavy (non-hydrogen) atoms. The molecule has 4 rings (SSSR count). The maximum Gasteiger partial charge on any atom is 0.228 e. The number of aliphatic hydroxyl groups excluding tert-OH is 1. The van der Waals surface area contributed by atoms with Crippen LogP contribution in [0.2, 0.25) is 0 Å². The molecular weight excluding hydrogens is 354 g/mol. The van der Waals surface area contributed by atoms with Crippen molar-refractivity contribution in [2.45, 2.75) is 19.4 Å². The maximum atomic E-state index is 11.4. The highest BCUT2D eigenvalue weighted by atomic mass is 16.5. The average Bonchev–Trinajstić information content (AvgIpc) is 3.07. The summed E-state index contributed by atoms with van der Waals surface area (Å²) in [7, 11) is 0. The summed E-state index contributed by atoms with van der Waals surface area (Å²) in [5.41, 5.74) is 4.40. The van der Waals surface area contributed by atoms with Crippen LogP contribution in [0.1, 0.15) is 11.1 Å². The van der Waals surface area contributed by atoms with E-state index < -0.39 is 6.10 Å². The predicted molar refractivity (Wildman–Crippen MR) is 110 cm³/mol. The summed E-state index contributed by atoms with van der Waals surface area (Å²) >= 11 is 0. The molecule has 6 nitrogen and oxygen atoms in total. The third kappa shape index (κ3) is 4.29. The monoisotopic (exact) mass is 381 g/mol. The van der Waals surface area contributed by atoms with Crippen molar-refractivity contribution in [3.05, 3.63) is 53.6 Å². The van der Waals surface area contributed by atoms with Crippen molar-refractivity contribution in [1.29, 1.82) is 0 Å². The van der Waals surface area contributed by atoms with Crippen molar-refractivity contribution < 1.29 is 14.6 Å². The fourth-order valence-corrected chi connectivity index (χ4v) is 3.93. The Balaban J connectivity index is 1.23. The van der Waals surface area contributed by atoms with Crippen LogP contribution in [0.25, 0.3) is 0 Å². The molecule has 2 aliphatic rings. The fraction of sp³-hybridized carbons (Fsp3) is 0.409. The molecule has 148 valence electrons. The van der Waals surface area contributed by atoms with Gasteiger partial charge in [0.15, 0.2) is 0 Å². The summed E-state index contributed by atoms with van der Waals surface area (Å²) in [4.78, 5) is 16.1. The quantitative estimate of drug-likeness (QED) is 0.802. The first-order valence-electron chi connectivity index (χ1n) is 9.85. The third-order valence-corrected chi connectivity index (χ3v) is 5.44. The van der Waals surface area contributed by atoms with Crippen molar-refractivity contribution in [2.75, 3.05) is 49.5 Å². The standard InChI is InChI=1S/C22H27N3O3/c1-16-4-2-3-5-21(16)25-10-8-24(9-11-25)14-18(26)15-28-19-6-7-20-17(12-19)13-22(27)23-20/h2-7,12,18,26H,8-11,13-15H2,1H3,(H,23,27)/t18-/m0/s1. The number of aliphatic hydroxyl groups is 1. The van der Waals surface area contributed by atoms with Gasteiger partial charge in [-0.1, -0.05) is 18.2 Å². The van der Waals surface area contributed by atoms with Gasteiger partial charge in [0, 0.05) is 44.1 Å². The van der Waals surface area contributed by atoms with Crippen LogP contribution in [0.15, 0.2) is 42.5 Å². The molecule has 1 amide bonds. The average molecular weight is 381 g/mol. The van der Waals surface area contributed by atoms with Crippen LogP contribution >= 0.6 is 0 Å². The first-order valence-corrected chi connectivity index (χ1v) is 9.85. The Hall–Kier alpha value is -2.57. The van der Waals surface area contributed by atoms with Crippen molar-refractivity contribution in [2.24, 2.45) is 0 Å². The molecule has 0 aliphatic carbocycles. The van der Waals surface area contributed by atoms with Crippen LogP contribution in [0.3, 0.4) is 0 Å². The minimum atomic E-state index is -0.543. The Kier molecular flexibility index (Phi) is 5.50. The number of aryl methyl sites for hydroxylation is 1. The van der Waals surface area contributed by atoms with E-state index in [9.17, 15) is 9.90 Å². The minimum Gasteiger partial charge on any atom is -0.491 e. The Morgan fingerprint density at radius 3 is 2.71 bits per heavy atom. The summed E-state index contributed by atoms with van der Waals surface area (Å²) in [5.74, 6) is 0.704. The number of fused-ring (bicyclic) bond motifs is 1. The molecular formula is C22H27N3O3. The topological polar surface area (TPSA) is 65.0 Å². The lowest BCUT2D eigenvalue weighted by Gasteiger charge is -2.37. The molecule has 1 saturated heterocycles. The summed E-state index contributed by atoms with van der Waals surface area (Å²) in [6, 6.07) is 14.0. The second-order valence-electron chi connectivity index (χ2n) is 7.58. The van der Waals surface area contributed by atoms with Gasteiger partial charge in [-0.05, 0) is 42.3 Å². The lowest BCUT2D eigenvalue weighted by atomic mass is 10.1. The number of ether oxygens (including phenoxy) is 1. The summed E-state index contributed by atoms with van der Waals surface area (Å²) in [6.07, 6.45) is -0.154. The van der Waals surface area contributed by atoms with Gasteiger partial charge >= 0.3 is 0 Å². The van der Waals surface area contributed by atoms with Gasteiger partial charge in [-0.2, -0.15) is 0 Å². The van der Waals surface area contributed by atoms with Gasteiger partial charge in [0.25, 0.3) is 0 Å². The molecule has 0 saturated carbocycles. The largest absolute Gasteiger partial charge is 0.491 e. The number of carbonyl (C=O) groups excluding carboxylic acids is 1. The second kappa shape index (κ2) is 8.20. The number of rotatable bonds is 6. The number of hydrogen-bond donors (Lipinski definition) is 2. The number of nitrogens with zero attached hydrogens (tertiary/aromatic N) is 2. The first-order chi connectivity index (χ1) is 13.6. The Labute approximate surface area is 165 Å². The zero-order chi connectivity index (χ0) is 19.5. The Bertz CT molecular complexity index is 847. The number of amides is 1. The molecule has 0 unspecified atom stereocenters. The molecule has 0 aromatic heterocycles. The normalized spacial score (nSPS) is 17.9. The minimum absolute atomic E-state index is 0.0111. The first kappa shape index (κ1) is 18.8. The van der Waals surface area contributed by atoms with E-state index in [-0.39, 0.29) is 12.5 Å². The number of para-hydroxylation sites is 1. The van der Waals surface area contributed by atoms with Crippen LogP contribution in [0, 0.1) is 6.92 Å². The van der Waals surface area contributed by atoms with Crippen LogP contribution in [-0.4, -0.2) is 61.3 Å². The van der Waals surface area contributed by atoms with Crippen molar-refractivity contribution >= 4 is 17.3 Å². The molecule has 2 aromatic rings. The molecule has 0 spiro atoms. The van der Waals surface area contributed by atoms with E-state index in [1.165, 1.54) is 11.3 Å². The zero-order valence-electron chi connectivity index (χ0n) is 16.2. The smallest absolute Gasteiger partial charge is 0.228 e. The summed E-state index contributed by atoms with van der Waals surface area (Å²) < 4.78 is 5.75. The molecule has 2 N–H and O–H groups in total. The lowest BCUT2D eigenvalue weighted by molar-refractivity contribution is -0.115. The summed E-state index contributed by atoms with van der Waals surface area (Å²) in [6.45, 7) is 6.78. The van der Waals surface area contributed by atoms with Crippen LogP contribution in [0.5, 0.6) is 5.75 Å². The molecule has 1 atom stereocenters. The van der Waals surface area contributed by atoms with Crippen LogP contribution < -0.4 is 15.0 Å². The molecule has 2 aliphatic heterocycles. The van der Waals surface area contributed by atoms with Gasteiger partial charge in [-0.3, -0.25) is 9.69 Å². The Morgan fingerprint density at radius 2 is 1.93 bits per heavy atom. The SMILES string of the molecule is Cc1ccccc1N1CCN(C[C@H](O)COc2ccc3c(c2)CC(=O)N3)CC1. The number of nitrogens with one attached hydrogen (secondary N) is 1. The van der Waals surface area contributed by atoms with Crippen molar-refractivity contribution in [1.82, 2.24) is 4.90 Å². The number of piperazine rings is 1. The van der Waals surface area contributed by atoms with Crippen molar-refractivity contribution in [3.63, 3.8) is 0 Å². The van der Waals surface area contributed by atoms with E-state index in [0.29, 0.717) is 18.7 Å². The van der Waals surface area contributed by atoms with Gasteiger partial charge < -0.3 is 20.1 Å². The second-order valence-corrected chi connectivity index (χ2v) is 7.58. The molecule has 2 aromatic carbocycles. The summed E-state index contributed by atoms with van der Waals surface area (Å²) in [5, 5.41) is 13.2. The predicted octanol–water partition coefficient (Wildman–Crippen LogP) is 2.05. The van der Waals surface area contributed by atoms with Gasteiger partial charge in [0.05, 0.1) is 6.42 Å². The maximum absolute atomic E-state index is 11.4. The Morgan fingerprint density at radius 1 is 1.14 bits per heavy atom. The van der Waals surface area contributed by atoms with Gasteiger partial charge in [0.1, 0.15) is 18.5 Å². The van der Waals surface area contributed by atoms with Gasteiger partial charge in [-0.25, -0.2) is 0 Å². The number of benzene rings is 2.